The molecule has 1 saturated heterocycles. The summed E-state index contributed by atoms with van der Waals surface area (Å²) in [4.78, 5) is 11.8. The number of nitrogens with one attached hydrogen (secondary N) is 2. The average Bonchev–Trinajstić information content (AvgIpc) is 2.98. The number of nitrogens with zero attached hydrogens (tertiary/aromatic N) is 2. The maximum atomic E-state index is 11.8. The zero-order chi connectivity index (χ0) is 11.7. The van der Waals surface area contributed by atoms with Crippen LogP contribution in [0.5, 0.6) is 0 Å². The molecule has 1 aromatic heterocycles. The summed E-state index contributed by atoms with van der Waals surface area (Å²) in [6.45, 7) is 0.987. The zero-order valence-electron chi connectivity index (χ0n) is 9.39. The molecule has 1 aliphatic heterocycles. The van der Waals surface area contributed by atoms with Gasteiger partial charge in [-0.1, -0.05) is 18.2 Å². The summed E-state index contributed by atoms with van der Waals surface area (Å²) in [5, 5.41) is 10.0. The number of para-hydroxylation sites is 1. The lowest BCUT2D eigenvalue weighted by Crippen LogP contribution is -2.22. The summed E-state index contributed by atoms with van der Waals surface area (Å²) in [7, 11) is 0. The molecule has 0 amide bonds. The van der Waals surface area contributed by atoms with Crippen molar-refractivity contribution in [2.75, 3.05) is 6.54 Å². The molecule has 5 nitrogen and oxygen atoms in total. The fourth-order valence-corrected chi connectivity index (χ4v) is 2.27. The molecule has 1 aromatic carbocycles. The van der Waals surface area contributed by atoms with E-state index in [1.54, 1.807) is 4.57 Å². The third kappa shape index (κ3) is 1.78. The van der Waals surface area contributed by atoms with E-state index in [0.717, 1.165) is 30.9 Å². The monoisotopic (exact) mass is 230 g/mol. The Bertz CT molecular complexity index is 551. The zero-order valence-corrected chi connectivity index (χ0v) is 9.39. The van der Waals surface area contributed by atoms with Gasteiger partial charge in [0.25, 0.3) is 0 Å². The predicted octanol–water partition coefficient (Wildman–Crippen LogP) is 0.985. The van der Waals surface area contributed by atoms with Crippen molar-refractivity contribution in [1.29, 1.82) is 0 Å². The minimum atomic E-state index is -0.181. The lowest BCUT2D eigenvalue weighted by atomic mass is 10.2. The highest BCUT2D eigenvalue weighted by Crippen LogP contribution is 2.21. The Kier molecular flexibility index (Phi) is 2.53. The first-order valence-electron chi connectivity index (χ1n) is 5.82. The van der Waals surface area contributed by atoms with Crippen LogP contribution in [0, 0.1) is 0 Å². The van der Waals surface area contributed by atoms with E-state index in [-0.39, 0.29) is 11.7 Å². The Morgan fingerprint density at radius 1 is 1.29 bits per heavy atom. The van der Waals surface area contributed by atoms with Gasteiger partial charge in [0.05, 0.1) is 11.7 Å². The minimum absolute atomic E-state index is 0.175. The summed E-state index contributed by atoms with van der Waals surface area (Å²) in [6, 6.07) is 9.77. The normalized spacial score (nSPS) is 19.6. The van der Waals surface area contributed by atoms with Crippen LogP contribution in [0.1, 0.15) is 24.7 Å². The van der Waals surface area contributed by atoms with E-state index in [4.69, 9.17) is 0 Å². The van der Waals surface area contributed by atoms with E-state index < -0.39 is 0 Å². The molecule has 1 fully saturated rings. The highest BCUT2D eigenvalue weighted by Gasteiger charge is 2.23. The van der Waals surface area contributed by atoms with Crippen LogP contribution in [-0.4, -0.2) is 21.3 Å². The largest absolute Gasteiger partial charge is 0.347 e. The van der Waals surface area contributed by atoms with Crippen LogP contribution in [0.15, 0.2) is 35.1 Å². The second-order valence-corrected chi connectivity index (χ2v) is 4.21. The summed E-state index contributed by atoms with van der Waals surface area (Å²) in [5.41, 5.74) is 0.676. The number of H-pyrrole nitrogens is 1. The van der Waals surface area contributed by atoms with Gasteiger partial charge in [0.1, 0.15) is 0 Å². The molecule has 5 heteroatoms. The molecule has 1 aliphatic rings. The van der Waals surface area contributed by atoms with Gasteiger partial charge in [-0.25, -0.2) is 14.5 Å². The van der Waals surface area contributed by atoms with Gasteiger partial charge in [0, 0.05) is 0 Å². The Morgan fingerprint density at radius 2 is 2.12 bits per heavy atom. The van der Waals surface area contributed by atoms with Crippen molar-refractivity contribution in [2.24, 2.45) is 0 Å². The first-order chi connectivity index (χ1) is 8.36. The summed E-state index contributed by atoms with van der Waals surface area (Å²) >= 11 is 0. The molecule has 1 atom stereocenters. The van der Waals surface area contributed by atoms with Gasteiger partial charge in [-0.05, 0) is 31.5 Å². The standard InChI is InChI=1S/C12H14N4O/c17-12-15-14-11(10-7-4-8-13-10)16(12)9-5-2-1-3-6-9/h1-3,5-6,10,13H,4,7-8H2,(H,15,17). The molecule has 1 unspecified atom stereocenters. The highest BCUT2D eigenvalue weighted by atomic mass is 16.1. The molecule has 2 heterocycles. The molecular formula is C12H14N4O. The van der Waals surface area contributed by atoms with Gasteiger partial charge in [-0.2, -0.15) is 5.10 Å². The number of rotatable bonds is 2. The van der Waals surface area contributed by atoms with Crippen LogP contribution in [0.25, 0.3) is 5.69 Å². The van der Waals surface area contributed by atoms with Crippen molar-refractivity contribution >= 4 is 0 Å². The van der Waals surface area contributed by atoms with Crippen LogP contribution in [0.3, 0.4) is 0 Å². The number of hydrogen-bond donors (Lipinski definition) is 2. The summed E-state index contributed by atoms with van der Waals surface area (Å²) in [5.74, 6) is 0.777. The van der Waals surface area contributed by atoms with Gasteiger partial charge < -0.3 is 5.32 Å². The highest BCUT2D eigenvalue weighted by molar-refractivity contribution is 5.32. The predicted molar refractivity (Wildman–Crippen MR) is 64.2 cm³/mol. The van der Waals surface area contributed by atoms with Crippen molar-refractivity contribution in [3.8, 4) is 5.69 Å². The average molecular weight is 230 g/mol. The van der Waals surface area contributed by atoms with E-state index in [2.05, 4.69) is 15.5 Å². The van der Waals surface area contributed by atoms with Crippen LogP contribution < -0.4 is 11.0 Å². The summed E-state index contributed by atoms with van der Waals surface area (Å²) < 4.78 is 1.64. The number of benzene rings is 1. The van der Waals surface area contributed by atoms with Crippen LogP contribution >= 0.6 is 0 Å². The van der Waals surface area contributed by atoms with Gasteiger partial charge in [0.15, 0.2) is 5.82 Å². The van der Waals surface area contributed by atoms with Crippen molar-refractivity contribution in [3.63, 3.8) is 0 Å². The van der Waals surface area contributed by atoms with Crippen molar-refractivity contribution in [1.82, 2.24) is 20.1 Å². The molecule has 2 aromatic rings. The first kappa shape index (κ1) is 10.3. The Balaban J connectivity index is 2.09. The van der Waals surface area contributed by atoms with Crippen molar-refractivity contribution in [2.45, 2.75) is 18.9 Å². The van der Waals surface area contributed by atoms with Crippen molar-refractivity contribution in [3.05, 3.63) is 46.6 Å². The maximum Gasteiger partial charge on any atom is 0.347 e. The van der Waals surface area contributed by atoms with E-state index in [1.807, 2.05) is 30.3 Å². The number of hydrogen-bond acceptors (Lipinski definition) is 3. The Labute approximate surface area is 98.5 Å². The molecule has 0 saturated carbocycles. The molecule has 17 heavy (non-hydrogen) atoms. The second kappa shape index (κ2) is 4.18. The van der Waals surface area contributed by atoms with E-state index >= 15 is 0 Å². The fourth-order valence-electron chi connectivity index (χ4n) is 2.27. The maximum absolute atomic E-state index is 11.8. The Hall–Kier alpha value is -1.88. The molecule has 88 valence electrons. The molecule has 2 N–H and O–H groups in total. The molecule has 0 aliphatic carbocycles. The van der Waals surface area contributed by atoms with Gasteiger partial charge in [-0.15, -0.1) is 0 Å². The van der Waals surface area contributed by atoms with Crippen molar-refractivity contribution < 1.29 is 0 Å². The van der Waals surface area contributed by atoms with Gasteiger partial charge in [0.2, 0.25) is 0 Å². The van der Waals surface area contributed by atoms with Gasteiger partial charge in [-0.3, -0.25) is 0 Å². The quantitative estimate of drug-likeness (QED) is 0.808. The molecule has 0 bridgehead atoms. The van der Waals surface area contributed by atoms with E-state index in [0.29, 0.717) is 0 Å². The smallest absolute Gasteiger partial charge is 0.307 e. The van der Waals surface area contributed by atoms with Crippen LogP contribution in [-0.2, 0) is 0 Å². The second-order valence-electron chi connectivity index (χ2n) is 4.21. The van der Waals surface area contributed by atoms with Crippen LogP contribution in [0.4, 0.5) is 0 Å². The molecule has 0 radical (unpaired) electrons. The van der Waals surface area contributed by atoms with E-state index in [9.17, 15) is 4.79 Å². The summed E-state index contributed by atoms with van der Waals surface area (Å²) in [6.07, 6.45) is 2.15. The lowest BCUT2D eigenvalue weighted by molar-refractivity contribution is 0.591. The minimum Gasteiger partial charge on any atom is -0.307 e. The number of aromatic nitrogens is 3. The third-order valence-electron chi connectivity index (χ3n) is 3.08. The third-order valence-corrected chi connectivity index (χ3v) is 3.08. The van der Waals surface area contributed by atoms with E-state index in [1.165, 1.54) is 0 Å². The molecular weight excluding hydrogens is 216 g/mol. The van der Waals surface area contributed by atoms with Gasteiger partial charge >= 0.3 is 5.69 Å². The first-order valence-corrected chi connectivity index (χ1v) is 5.82. The van der Waals surface area contributed by atoms with Crippen LogP contribution in [0.2, 0.25) is 0 Å². The SMILES string of the molecule is O=c1[nH]nc(C2CCCN2)n1-c1ccccc1. The fraction of sp³-hybridized carbons (Fsp3) is 0.333. The lowest BCUT2D eigenvalue weighted by Gasteiger charge is -2.11. The topological polar surface area (TPSA) is 62.7 Å². The molecule has 0 spiro atoms. The molecule has 3 rings (SSSR count). The number of aromatic amines is 1. The Morgan fingerprint density at radius 3 is 2.82 bits per heavy atom.